The van der Waals surface area contributed by atoms with Gasteiger partial charge in [-0.15, -0.1) is 0 Å². The molecule has 0 aliphatic carbocycles. The zero-order chi connectivity index (χ0) is 17.5. The summed E-state index contributed by atoms with van der Waals surface area (Å²) in [5, 5.41) is 3.56. The third kappa shape index (κ3) is 3.24. The maximum absolute atomic E-state index is 11.4. The van der Waals surface area contributed by atoms with Crippen molar-refractivity contribution in [3.05, 3.63) is 91.0 Å². The van der Waals surface area contributed by atoms with Gasteiger partial charge < -0.3 is 9.53 Å². The molecular weight excluding hydrogens is 327 g/mol. The molecule has 0 aliphatic heterocycles. The molecule has 3 aromatic rings. The Labute approximate surface area is 149 Å². The highest BCUT2D eigenvalue weighted by Crippen LogP contribution is 2.46. The molecule has 0 N–H and O–H groups in total. The lowest BCUT2D eigenvalue weighted by Gasteiger charge is -2.31. The van der Waals surface area contributed by atoms with Crippen molar-refractivity contribution in [3.63, 3.8) is 0 Å². The lowest BCUT2D eigenvalue weighted by molar-refractivity contribution is -0.107. The van der Waals surface area contributed by atoms with Crippen molar-refractivity contribution in [2.45, 2.75) is 6.42 Å². The average Bonchev–Trinajstić information content (AvgIpc) is 2.70. The second-order valence-corrected chi connectivity index (χ2v) is 9.04. The zero-order valence-electron chi connectivity index (χ0n) is 14.2. The van der Waals surface area contributed by atoms with Gasteiger partial charge in [-0.2, -0.15) is 0 Å². The molecule has 3 rings (SSSR count). The number of carbonyl (C=O) groups excluding carboxylic acids is 1. The molecule has 126 valence electrons. The number of rotatable bonds is 6. The Morgan fingerprint density at radius 2 is 1.12 bits per heavy atom. The van der Waals surface area contributed by atoms with Gasteiger partial charge in [0.1, 0.15) is 6.29 Å². The third-order valence-corrected chi connectivity index (χ3v) is 8.63. The van der Waals surface area contributed by atoms with E-state index in [0.29, 0.717) is 0 Å². The van der Waals surface area contributed by atoms with E-state index >= 15 is 0 Å². The Hall–Kier alpha value is -2.41. The van der Waals surface area contributed by atoms with Gasteiger partial charge in [0.15, 0.2) is 0 Å². The summed E-state index contributed by atoms with van der Waals surface area (Å²) in [7, 11) is 1.67. The van der Waals surface area contributed by atoms with E-state index in [4.69, 9.17) is 4.74 Å². The van der Waals surface area contributed by atoms with Crippen molar-refractivity contribution in [1.82, 2.24) is 0 Å². The van der Waals surface area contributed by atoms with Crippen LogP contribution in [0, 0.1) is 0 Å². The summed E-state index contributed by atoms with van der Waals surface area (Å²) in [6.45, 7) is -2.22. The first kappa shape index (κ1) is 17.4. The van der Waals surface area contributed by atoms with Crippen LogP contribution >= 0.6 is 6.89 Å². The fourth-order valence-corrected chi connectivity index (χ4v) is 7.50. The monoisotopic (exact) mass is 348 g/mol. The summed E-state index contributed by atoms with van der Waals surface area (Å²) in [5.41, 5.74) is 0.825. The molecule has 0 radical (unpaired) electrons. The zero-order valence-corrected chi connectivity index (χ0v) is 15.1. The van der Waals surface area contributed by atoms with Crippen molar-refractivity contribution in [2.24, 2.45) is 0 Å². The van der Waals surface area contributed by atoms with E-state index in [-0.39, 0.29) is 6.42 Å². The van der Waals surface area contributed by atoms with Crippen LogP contribution in [-0.2, 0) is 9.53 Å². The smallest absolute Gasteiger partial charge is 0.126 e. The summed E-state index contributed by atoms with van der Waals surface area (Å²) < 4.78 is 5.85. The normalized spacial score (nSPS) is 11.1. The number of hydrogen-bond acceptors (Lipinski definition) is 2. The Morgan fingerprint density at radius 1 is 0.760 bits per heavy atom. The topological polar surface area (TPSA) is 26.3 Å². The number of aldehydes is 1. The quantitative estimate of drug-likeness (QED) is 0.504. The summed E-state index contributed by atoms with van der Waals surface area (Å²) in [6, 6.07) is 31.1. The number of benzene rings is 3. The molecule has 0 saturated carbocycles. The Morgan fingerprint density at radius 3 is 1.40 bits per heavy atom. The van der Waals surface area contributed by atoms with Crippen LogP contribution in [0.2, 0.25) is 0 Å². The standard InChI is InChI=1S/C22H21O2P/c1-24-22(17-18-23)25(19-11-5-2-6-12-19,20-13-7-3-8-14-20)21-15-9-4-10-16-21/h2-16,18H,17H2,1H3. The molecule has 0 bridgehead atoms. The Balaban J connectivity index is 2.51. The maximum Gasteiger partial charge on any atom is 0.126 e. The van der Waals surface area contributed by atoms with Crippen LogP contribution in [-0.4, -0.2) is 18.9 Å². The van der Waals surface area contributed by atoms with E-state index < -0.39 is 6.89 Å². The molecule has 3 heteroatoms. The van der Waals surface area contributed by atoms with Gasteiger partial charge in [0, 0.05) is 14.0 Å². The van der Waals surface area contributed by atoms with E-state index in [1.807, 2.05) is 54.6 Å². The lowest BCUT2D eigenvalue weighted by Crippen LogP contribution is -2.31. The minimum Gasteiger partial charge on any atom is -0.352 e. The van der Waals surface area contributed by atoms with Gasteiger partial charge in [0.25, 0.3) is 0 Å². The second kappa shape index (κ2) is 8.11. The first-order chi connectivity index (χ1) is 12.3. The average molecular weight is 348 g/mol. The first-order valence-corrected chi connectivity index (χ1v) is 10.0. The van der Waals surface area contributed by atoms with Gasteiger partial charge in [-0.3, -0.25) is 0 Å². The highest BCUT2D eigenvalue weighted by molar-refractivity contribution is 7.95. The van der Waals surface area contributed by atoms with E-state index in [2.05, 4.69) is 36.4 Å². The molecular formula is C22H21O2P. The van der Waals surface area contributed by atoms with E-state index in [0.717, 1.165) is 11.8 Å². The van der Waals surface area contributed by atoms with Gasteiger partial charge >= 0.3 is 0 Å². The highest BCUT2D eigenvalue weighted by Gasteiger charge is 2.29. The lowest BCUT2D eigenvalue weighted by atomic mass is 10.4. The molecule has 0 fully saturated rings. The summed E-state index contributed by atoms with van der Waals surface area (Å²) in [4.78, 5) is 11.4. The molecule has 2 nitrogen and oxygen atoms in total. The molecule has 3 aromatic carbocycles. The highest BCUT2D eigenvalue weighted by atomic mass is 31.2. The molecule has 25 heavy (non-hydrogen) atoms. The largest absolute Gasteiger partial charge is 0.352 e. The fourth-order valence-electron chi connectivity index (χ4n) is 3.26. The molecule has 0 saturated heterocycles. The number of hydrogen-bond donors (Lipinski definition) is 0. The van der Waals surface area contributed by atoms with Crippen LogP contribution in [0.4, 0.5) is 0 Å². The van der Waals surface area contributed by atoms with Gasteiger partial charge in [-0.1, -0.05) is 91.0 Å². The first-order valence-electron chi connectivity index (χ1n) is 8.24. The van der Waals surface area contributed by atoms with Crippen molar-refractivity contribution >= 4 is 34.6 Å². The summed E-state index contributed by atoms with van der Waals surface area (Å²) >= 11 is 0. The molecule has 0 amide bonds. The van der Waals surface area contributed by atoms with Crippen molar-refractivity contribution in [1.29, 1.82) is 0 Å². The SMILES string of the molecule is COC(CC=O)=P(c1ccccc1)(c1ccccc1)c1ccccc1. The predicted molar refractivity (Wildman–Crippen MR) is 108 cm³/mol. The second-order valence-electron chi connectivity index (χ2n) is 5.65. The summed E-state index contributed by atoms with van der Waals surface area (Å²) in [6.07, 6.45) is 1.21. The van der Waals surface area contributed by atoms with Gasteiger partial charge in [-0.25, -0.2) is 0 Å². The van der Waals surface area contributed by atoms with Crippen LogP contribution in [0.1, 0.15) is 6.42 Å². The summed E-state index contributed by atoms with van der Waals surface area (Å²) in [5.74, 6) is 0. The number of carbonyl (C=O) groups is 1. The van der Waals surface area contributed by atoms with Crippen molar-refractivity contribution < 1.29 is 9.53 Å². The van der Waals surface area contributed by atoms with Crippen LogP contribution in [0.15, 0.2) is 91.0 Å². The van der Waals surface area contributed by atoms with Gasteiger partial charge in [0.05, 0.1) is 11.9 Å². The fraction of sp³-hybridized carbons (Fsp3) is 0.0909. The minimum atomic E-state index is -2.22. The van der Waals surface area contributed by atoms with Gasteiger partial charge in [0.2, 0.25) is 0 Å². The third-order valence-electron chi connectivity index (χ3n) is 4.30. The van der Waals surface area contributed by atoms with Crippen LogP contribution in [0.25, 0.3) is 0 Å². The molecule has 0 atom stereocenters. The molecule has 0 unspecified atom stereocenters. The van der Waals surface area contributed by atoms with Gasteiger partial charge in [-0.05, 0) is 15.9 Å². The van der Waals surface area contributed by atoms with Crippen molar-refractivity contribution in [2.75, 3.05) is 7.11 Å². The van der Waals surface area contributed by atoms with Crippen LogP contribution in [0.5, 0.6) is 0 Å². The molecule has 0 spiro atoms. The van der Waals surface area contributed by atoms with E-state index in [1.165, 1.54) is 15.9 Å². The van der Waals surface area contributed by atoms with Crippen LogP contribution in [0.3, 0.4) is 0 Å². The molecule has 0 heterocycles. The number of ether oxygens (including phenoxy) is 1. The molecule has 0 aromatic heterocycles. The maximum atomic E-state index is 11.4. The van der Waals surface area contributed by atoms with Crippen LogP contribution < -0.4 is 15.9 Å². The minimum absolute atomic E-state index is 0.281. The predicted octanol–water partition coefficient (Wildman–Crippen LogP) is 3.35. The van der Waals surface area contributed by atoms with E-state index in [9.17, 15) is 4.79 Å². The molecule has 0 aliphatic rings. The Kier molecular flexibility index (Phi) is 5.65. The number of methoxy groups -OCH3 is 1. The van der Waals surface area contributed by atoms with E-state index in [1.54, 1.807) is 7.11 Å². The Bertz CT molecular complexity index is 768. The van der Waals surface area contributed by atoms with Crippen molar-refractivity contribution in [3.8, 4) is 0 Å².